The van der Waals surface area contributed by atoms with Crippen molar-refractivity contribution in [3.05, 3.63) is 63.7 Å². The third-order valence-corrected chi connectivity index (χ3v) is 4.91. The predicted octanol–water partition coefficient (Wildman–Crippen LogP) is 5.26. The molecule has 0 saturated heterocycles. The minimum absolute atomic E-state index is 0.470. The Morgan fingerprint density at radius 3 is 2.60 bits per heavy atom. The summed E-state index contributed by atoms with van der Waals surface area (Å²) in [6.45, 7) is 4.36. The van der Waals surface area contributed by atoms with Crippen molar-refractivity contribution in [2.45, 2.75) is 38.5 Å². The first-order chi connectivity index (χ1) is 9.56. The molecule has 1 aliphatic carbocycles. The van der Waals surface area contributed by atoms with E-state index in [0.717, 1.165) is 16.3 Å². The molecule has 0 aromatic heterocycles. The Hall–Kier alpha value is -1.47. The first kappa shape index (κ1) is 13.5. The summed E-state index contributed by atoms with van der Waals surface area (Å²) in [6, 6.07) is 12.8. The minimum Gasteiger partial charge on any atom is -0.399 e. The Balaban J connectivity index is 2.08. The monoisotopic (exact) mass is 285 g/mol. The number of fused-ring (bicyclic) bond motifs is 1. The van der Waals surface area contributed by atoms with Crippen LogP contribution in [0.4, 0.5) is 5.69 Å². The summed E-state index contributed by atoms with van der Waals surface area (Å²) in [5, 5.41) is 0.843. The standard InChI is InChI=1S/C18H20ClN/c1-11-3-6-15(13-4-8-18(19)12(2)9-13)16-7-5-14(20)10-17(11)16/h4-5,7-11,15H,3,6,20H2,1-2H3/t11-,15-/m0/s1. The molecule has 0 fully saturated rings. The van der Waals surface area contributed by atoms with Crippen LogP contribution in [0.3, 0.4) is 0 Å². The van der Waals surface area contributed by atoms with Gasteiger partial charge in [0.25, 0.3) is 0 Å². The van der Waals surface area contributed by atoms with Gasteiger partial charge in [0.1, 0.15) is 0 Å². The highest BCUT2D eigenvalue weighted by Crippen LogP contribution is 2.43. The van der Waals surface area contributed by atoms with Gasteiger partial charge in [0, 0.05) is 16.6 Å². The second-order valence-corrected chi connectivity index (χ2v) is 6.34. The quantitative estimate of drug-likeness (QED) is 0.711. The van der Waals surface area contributed by atoms with Crippen molar-refractivity contribution >= 4 is 17.3 Å². The highest BCUT2D eigenvalue weighted by Gasteiger charge is 2.26. The van der Waals surface area contributed by atoms with Gasteiger partial charge >= 0.3 is 0 Å². The van der Waals surface area contributed by atoms with E-state index in [9.17, 15) is 0 Å². The van der Waals surface area contributed by atoms with Crippen LogP contribution in [0, 0.1) is 6.92 Å². The molecule has 0 radical (unpaired) electrons. The van der Waals surface area contributed by atoms with Crippen molar-refractivity contribution < 1.29 is 0 Å². The molecule has 1 nitrogen and oxygen atoms in total. The van der Waals surface area contributed by atoms with E-state index in [0.29, 0.717) is 11.8 Å². The molecule has 2 aromatic rings. The largest absolute Gasteiger partial charge is 0.399 e. The van der Waals surface area contributed by atoms with Crippen LogP contribution in [0.5, 0.6) is 0 Å². The maximum atomic E-state index is 6.15. The molecule has 0 spiro atoms. The van der Waals surface area contributed by atoms with Gasteiger partial charge in [-0.15, -0.1) is 0 Å². The van der Waals surface area contributed by atoms with Gasteiger partial charge in [-0.05, 0) is 66.1 Å². The maximum absolute atomic E-state index is 6.15. The van der Waals surface area contributed by atoms with Gasteiger partial charge < -0.3 is 5.73 Å². The second-order valence-electron chi connectivity index (χ2n) is 5.93. The summed E-state index contributed by atoms with van der Waals surface area (Å²) >= 11 is 6.15. The zero-order chi connectivity index (χ0) is 14.3. The van der Waals surface area contributed by atoms with E-state index < -0.39 is 0 Å². The summed E-state index contributed by atoms with van der Waals surface area (Å²) in [5.74, 6) is 1.07. The van der Waals surface area contributed by atoms with Crippen LogP contribution >= 0.6 is 11.6 Å². The van der Waals surface area contributed by atoms with Gasteiger partial charge in [-0.2, -0.15) is 0 Å². The predicted molar refractivity (Wildman–Crippen MR) is 86.5 cm³/mol. The molecule has 2 heteroatoms. The second kappa shape index (κ2) is 5.14. The normalized spacial score (nSPS) is 21.6. The Morgan fingerprint density at radius 2 is 1.85 bits per heavy atom. The molecular formula is C18H20ClN. The summed E-state index contributed by atoms with van der Waals surface area (Å²) in [7, 11) is 0. The lowest BCUT2D eigenvalue weighted by molar-refractivity contribution is 0.545. The highest BCUT2D eigenvalue weighted by molar-refractivity contribution is 6.31. The van der Waals surface area contributed by atoms with Crippen molar-refractivity contribution in [1.82, 2.24) is 0 Å². The van der Waals surface area contributed by atoms with Gasteiger partial charge in [0.2, 0.25) is 0 Å². The number of hydrogen-bond acceptors (Lipinski definition) is 1. The minimum atomic E-state index is 0.470. The number of nitrogen functional groups attached to an aromatic ring is 1. The van der Waals surface area contributed by atoms with Crippen molar-refractivity contribution in [2.75, 3.05) is 5.73 Å². The summed E-state index contributed by atoms with van der Waals surface area (Å²) in [5.41, 5.74) is 12.2. The van der Waals surface area contributed by atoms with Crippen molar-refractivity contribution in [3.8, 4) is 0 Å². The number of hydrogen-bond donors (Lipinski definition) is 1. The Bertz CT molecular complexity index is 648. The Kier molecular flexibility index (Phi) is 3.47. The number of anilines is 1. The van der Waals surface area contributed by atoms with Gasteiger partial charge in [-0.3, -0.25) is 0 Å². The third-order valence-electron chi connectivity index (χ3n) is 4.49. The van der Waals surface area contributed by atoms with Crippen LogP contribution in [0.25, 0.3) is 0 Å². The van der Waals surface area contributed by atoms with Crippen LogP contribution in [0.2, 0.25) is 5.02 Å². The average molecular weight is 286 g/mol. The first-order valence-electron chi connectivity index (χ1n) is 7.21. The average Bonchev–Trinajstić information content (AvgIpc) is 2.43. The van der Waals surface area contributed by atoms with E-state index in [1.54, 1.807) is 0 Å². The first-order valence-corrected chi connectivity index (χ1v) is 7.59. The number of nitrogens with two attached hydrogens (primary N) is 1. The maximum Gasteiger partial charge on any atom is 0.0435 e. The summed E-state index contributed by atoms with van der Waals surface area (Å²) in [4.78, 5) is 0. The molecule has 0 aliphatic heterocycles. The van der Waals surface area contributed by atoms with Gasteiger partial charge in [0.15, 0.2) is 0 Å². The van der Waals surface area contributed by atoms with E-state index in [4.69, 9.17) is 17.3 Å². The lowest BCUT2D eigenvalue weighted by Crippen LogP contribution is -2.14. The molecule has 3 rings (SSSR count). The van der Waals surface area contributed by atoms with Crippen molar-refractivity contribution in [1.29, 1.82) is 0 Å². The van der Waals surface area contributed by atoms with Crippen LogP contribution in [-0.4, -0.2) is 0 Å². The molecule has 2 atom stereocenters. The fourth-order valence-electron chi connectivity index (χ4n) is 3.30. The van der Waals surface area contributed by atoms with E-state index >= 15 is 0 Å². The fraction of sp³-hybridized carbons (Fsp3) is 0.333. The zero-order valence-electron chi connectivity index (χ0n) is 12.0. The molecule has 0 heterocycles. The Labute approximate surface area is 125 Å². The number of aryl methyl sites for hydroxylation is 1. The molecule has 0 saturated carbocycles. The molecule has 1 aliphatic rings. The molecular weight excluding hydrogens is 266 g/mol. The van der Waals surface area contributed by atoms with E-state index in [2.05, 4.69) is 38.1 Å². The molecule has 2 aromatic carbocycles. The summed E-state index contributed by atoms with van der Waals surface area (Å²) in [6.07, 6.45) is 2.40. The van der Waals surface area contributed by atoms with Gasteiger partial charge in [0.05, 0.1) is 0 Å². The molecule has 0 unspecified atom stereocenters. The Morgan fingerprint density at radius 1 is 1.05 bits per heavy atom. The smallest absolute Gasteiger partial charge is 0.0435 e. The van der Waals surface area contributed by atoms with Crippen LogP contribution in [0.1, 0.15) is 53.9 Å². The topological polar surface area (TPSA) is 26.0 Å². The third kappa shape index (κ3) is 2.31. The van der Waals surface area contributed by atoms with E-state index in [-0.39, 0.29) is 0 Å². The zero-order valence-corrected chi connectivity index (χ0v) is 12.7. The summed E-state index contributed by atoms with van der Waals surface area (Å²) < 4.78 is 0. The molecule has 0 bridgehead atoms. The fourth-order valence-corrected chi connectivity index (χ4v) is 3.41. The van der Waals surface area contributed by atoms with Crippen LogP contribution in [-0.2, 0) is 0 Å². The number of halogens is 1. The number of rotatable bonds is 1. The van der Waals surface area contributed by atoms with Crippen molar-refractivity contribution in [3.63, 3.8) is 0 Å². The molecule has 0 amide bonds. The van der Waals surface area contributed by atoms with Crippen LogP contribution < -0.4 is 5.73 Å². The van der Waals surface area contributed by atoms with Gasteiger partial charge in [-0.1, -0.05) is 36.7 Å². The van der Waals surface area contributed by atoms with Crippen molar-refractivity contribution in [2.24, 2.45) is 0 Å². The SMILES string of the molecule is Cc1cc([C@@H]2CC[C@H](C)c3cc(N)ccc32)ccc1Cl. The van der Waals surface area contributed by atoms with E-state index in [1.807, 2.05) is 12.1 Å². The van der Waals surface area contributed by atoms with Crippen LogP contribution in [0.15, 0.2) is 36.4 Å². The lowest BCUT2D eigenvalue weighted by atomic mass is 9.74. The van der Waals surface area contributed by atoms with E-state index in [1.165, 1.54) is 29.5 Å². The van der Waals surface area contributed by atoms with Gasteiger partial charge in [-0.25, -0.2) is 0 Å². The molecule has 20 heavy (non-hydrogen) atoms. The number of benzene rings is 2. The molecule has 2 N–H and O–H groups in total. The highest BCUT2D eigenvalue weighted by atomic mass is 35.5. The molecule has 104 valence electrons. The lowest BCUT2D eigenvalue weighted by Gasteiger charge is -2.30.